The van der Waals surface area contributed by atoms with E-state index in [-0.39, 0.29) is 23.8 Å². The average molecular weight is 229 g/mol. The molecule has 5 nitrogen and oxygen atoms in total. The van der Waals surface area contributed by atoms with E-state index in [0.717, 1.165) is 0 Å². The number of hydrogen-bond acceptors (Lipinski definition) is 5. The highest BCUT2D eigenvalue weighted by Gasteiger charge is 2.32. The Morgan fingerprint density at radius 2 is 1.50 bits per heavy atom. The Balaban J connectivity index is 2.46. The highest BCUT2D eigenvalue weighted by atomic mass is 16.5. The zero-order valence-corrected chi connectivity index (χ0v) is 9.82. The van der Waals surface area contributed by atoms with Crippen molar-refractivity contribution in [1.29, 1.82) is 0 Å². The third-order valence-electron chi connectivity index (χ3n) is 2.59. The van der Waals surface area contributed by atoms with E-state index in [1.165, 1.54) is 0 Å². The highest BCUT2D eigenvalue weighted by molar-refractivity contribution is 5.77. The number of carbonyl (C=O) groups excluding carboxylic acids is 2. The number of rotatable bonds is 4. The van der Waals surface area contributed by atoms with Gasteiger partial charge in [-0.25, -0.2) is 0 Å². The van der Waals surface area contributed by atoms with E-state index in [4.69, 9.17) is 9.47 Å². The molecule has 1 aliphatic rings. The van der Waals surface area contributed by atoms with Gasteiger partial charge >= 0.3 is 11.9 Å². The monoisotopic (exact) mass is 229 g/mol. The normalized spacial score (nSPS) is 24.9. The Bertz CT molecular complexity index is 230. The van der Waals surface area contributed by atoms with Crippen molar-refractivity contribution in [2.75, 3.05) is 26.3 Å². The number of carbonyl (C=O) groups is 2. The summed E-state index contributed by atoms with van der Waals surface area (Å²) >= 11 is 0. The molecule has 0 aromatic carbocycles. The van der Waals surface area contributed by atoms with Crippen molar-refractivity contribution < 1.29 is 19.1 Å². The van der Waals surface area contributed by atoms with E-state index in [9.17, 15) is 9.59 Å². The first-order valence-corrected chi connectivity index (χ1v) is 5.73. The maximum Gasteiger partial charge on any atom is 0.310 e. The topological polar surface area (TPSA) is 64.6 Å². The third kappa shape index (κ3) is 3.48. The summed E-state index contributed by atoms with van der Waals surface area (Å²) in [7, 11) is 0. The Hall–Kier alpha value is -1.10. The van der Waals surface area contributed by atoms with Gasteiger partial charge in [0.25, 0.3) is 0 Å². The van der Waals surface area contributed by atoms with Gasteiger partial charge in [-0.2, -0.15) is 0 Å². The summed E-state index contributed by atoms with van der Waals surface area (Å²) in [5.41, 5.74) is 0. The van der Waals surface area contributed by atoms with Gasteiger partial charge in [-0.15, -0.1) is 0 Å². The van der Waals surface area contributed by atoms with Crippen LogP contribution >= 0.6 is 0 Å². The first-order chi connectivity index (χ1) is 7.69. The van der Waals surface area contributed by atoms with Crippen molar-refractivity contribution in [3.63, 3.8) is 0 Å². The number of hydrogen-bond donors (Lipinski definition) is 1. The quantitative estimate of drug-likeness (QED) is 0.704. The lowest BCUT2D eigenvalue weighted by Gasteiger charge is -2.27. The molecule has 0 saturated carbocycles. The minimum Gasteiger partial charge on any atom is -0.466 e. The molecule has 0 spiro atoms. The molecule has 5 heteroatoms. The van der Waals surface area contributed by atoms with Crippen LogP contribution in [0.5, 0.6) is 0 Å². The lowest BCUT2D eigenvalue weighted by molar-refractivity contribution is -0.153. The number of ether oxygens (including phenoxy) is 2. The molecule has 1 N–H and O–H groups in total. The van der Waals surface area contributed by atoms with Gasteiger partial charge in [0.1, 0.15) is 0 Å². The highest BCUT2D eigenvalue weighted by Crippen LogP contribution is 2.19. The van der Waals surface area contributed by atoms with Gasteiger partial charge < -0.3 is 14.8 Å². The summed E-state index contributed by atoms with van der Waals surface area (Å²) in [4.78, 5) is 23.0. The van der Waals surface area contributed by atoms with Gasteiger partial charge in [0, 0.05) is 13.1 Å². The molecule has 1 aliphatic heterocycles. The Labute approximate surface area is 95.5 Å². The summed E-state index contributed by atoms with van der Waals surface area (Å²) in [5.74, 6) is -0.931. The molecule has 0 aromatic heterocycles. The third-order valence-corrected chi connectivity index (χ3v) is 2.59. The van der Waals surface area contributed by atoms with E-state index < -0.39 is 0 Å². The van der Waals surface area contributed by atoms with Crippen LogP contribution in [0.25, 0.3) is 0 Å². The molecule has 0 radical (unpaired) electrons. The summed E-state index contributed by atoms with van der Waals surface area (Å²) in [6, 6.07) is 0. The smallest absolute Gasteiger partial charge is 0.310 e. The lowest BCUT2D eigenvalue weighted by Crippen LogP contribution is -2.43. The van der Waals surface area contributed by atoms with Crippen molar-refractivity contribution in [2.24, 2.45) is 11.8 Å². The van der Waals surface area contributed by atoms with Crippen molar-refractivity contribution in [3.8, 4) is 0 Å². The molecule has 0 aromatic rings. The largest absolute Gasteiger partial charge is 0.466 e. The summed E-state index contributed by atoms with van der Waals surface area (Å²) in [6.07, 6.45) is 0.519. The molecule has 1 fully saturated rings. The molecule has 1 saturated heterocycles. The predicted octanol–water partition coefficient (Wildman–Crippen LogP) is 0.338. The van der Waals surface area contributed by atoms with Gasteiger partial charge in [-0.1, -0.05) is 0 Å². The van der Waals surface area contributed by atoms with E-state index in [1.54, 1.807) is 13.8 Å². The van der Waals surface area contributed by atoms with Gasteiger partial charge in [-0.05, 0) is 20.3 Å². The molecule has 0 unspecified atom stereocenters. The van der Waals surface area contributed by atoms with Crippen molar-refractivity contribution in [2.45, 2.75) is 20.3 Å². The number of nitrogens with one attached hydrogen (secondary N) is 1. The van der Waals surface area contributed by atoms with E-state index >= 15 is 0 Å². The van der Waals surface area contributed by atoms with Gasteiger partial charge in [0.2, 0.25) is 0 Å². The van der Waals surface area contributed by atoms with Crippen LogP contribution in [-0.4, -0.2) is 38.2 Å². The van der Waals surface area contributed by atoms with Gasteiger partial charge in [0.15, 0.2) is 0 Å². The zero-order chi connectivity index (χ0) is 12.0. The Morgan fingerprint density at radius 3 is 1.88 bits per heavy atom. The molecular formula is C11H19NO4. The second-order valence-corrected chi connectivity index (χ2v) is 3.79. The van der Waals surface area contributed by atoms with Crippen molar-refractivity contribution in [3.05, 3.63) is 0 Å². The minimum absolute atomic E-state index is 0.232. The van der Waals surface area contributed by atoms with Crippen molar-refractivity contribution >= 4 is 11.9 Å². The van der Waals surface area contributed by atoms with Crippen LogP contribution in [0.4, 0.5) is 0 Å². The molecule has 92 valence electrons. The summed E-state index contributed by atoms with van der Waals surface area (Å²) in [5, 5.41) is 3.06. The molecule has 0 aliphatic carbocycles. The summed E-state index contributed by atoms with van der Waals surface area (Å²) in [6.45, 7) is 5.45. The summed E-state index contributed by atoms with van der Waals surface area (Å²) < 4.78 is 9.88. The number of piperidine rings is 1. The fourth-order valence-corrected chi connectivity index (χ4v) is 1.82. The lowest BCUT2D eigenvalue weighted by atomic mass is 9.90. The molecular weight excluding hydrogens is 210 g/mol. The van der Waals surface area contributed by atoms with E-state index in [1.807, 2.05) is 0 Å². The van der Waals surface area contributed by atoms with E-state index in [0.29, 0.717) is 32.7 Å². The van der Waals surface area contributed by atoms with Crippen LogP contribution in [0.2, 0.25) is 0 Å². The average Bonchev–Trinajstić information content (AvgIpc) is 2.30. The number of esters is 2. The van der Waals surface area contributed by atoms with Crippen LogP contribution in [0.1, 0.15) is 20.3 Å². The minimum atomic E-state index is -0.233. The second-order valence-electron chi connectivity index (χ2n) is 3.79. The van der Waals surface area contributed by atoms with Gasteiger partial charge in [-0.3, -0.25) is 9.59 Å². The standard InChI is InChI=1S/C11H19NO4/c1-3-15-10(13)8-5-9(7-12-6-8)11(14)16-4-2/h8-9,12H,3-7H2,1-2H3/t8-,9+. The molecule has 1 heterocycles. The van der Waals surface area contributed by atoms with Crippen LogP contribution in [0.15, 0.2) is 0 Å². The molecule has 0 amide bonds. The predicted molar refractivity (Wildman–Crippen MR) is 57.7 cm³/mol. The fourth-order valence-electron chi connectivity index (χ4n) is 1.82. The Kier molecular flexibility index (Phi) is 5.25. The van der Waals surface area contributed by atoms with Crippen LogP contribution in [-0.2, 0) is 19.1 Å². The fraction of sp³-hybridized carbons (Fsp3) is 0.818. The van der Waals surface area contributed by atoms with Gasteiger partial charge in [0.05, 0.1) is 25.0 Å². The van der Waals surface area contributed by atoms with Crippen LogP contribution in [0, 0.1) is 11.8 Å². The van der Waals surface area contributed by atoms with Crippen LogP contribution in [0.3, 0.4) is 0 Å². The molecule has 2 atom stereocenters. The maximum absolute atomic E-state index is 11.5. The first kappa shape index (κ1) is 13.0. The van der Waals surface area contributed by atoms with Crippen LogP contribution < -0.4 is 5.32 Å². The second kappa shape index (κ2) is 6.48. The molecule has 1 rings (SSSR count). The SMILES string of the molecule is CCOC(=O)[C@@H]1CNC[C@H](C(=O)OCC)C1. The molecule has 16 heavy (non-hydrogen) atoms. The zero-order valence-electron chi connectivity index (χ0n) is 9.82. The Morgan fingerprint density at radius 1 is 1.06 bits per heavy atom. The first-order valence-electron chi connectivity index (χ1n) is 5.73. The van der Waals surface area contributed by atoms with E-state index in [2.05, 4.69) is 5.32 Å². The molecule has 0 bridgehead atoms. The van der Waals surface area contributed by atoms with Crippen molar-refractivity contribution in [1.82, 2.24) is 5.32 Å². The maximum atomic E-state index is 11.5.